The van der Waals surface area contributed by atoms with Crippen LogP contribution in [0.1, 0.15) is 108 Å². The monoisotopic (exact) mass is 988 g/mol. The van der Waals surface area contributed by atoms with Gasteiger partial charge in [0, 0.05) is 28.9 Å². The number of hydrogen-bond donors (Lipinski definition) is 4. The molecule has 366 valence electrons. The number of ether oxygens (including phenoxy) is 1. The summed E-state index contributed by atoms with van der Waals surface area (Å²) >= 11 is 0. The van der Waals surface area contributed by atoms with E-state index in [1.807, 2.05) is 44.2 Å². The summed E-state index contributed by atoms with van der Waals surface area (Å²) in [6, 6.07) is 16.9. The smallest absolute Gasteiger partial charge is 0.408 e. The van der Waals surface area contributed by atoms with Gasteiger partial charge in [-0.2, -0.15) is 0 Å². The lowest BCUT2D eigenvalue weighted by molar-refractivity contribution is -0.137. The maximum Gasteiger partial charge on any atom is 0.408 e. The maximum atomic E-state index is 14.1. The van der Waals surface area contributed by atoms with Gasteiger partial charge in [0.15, 0.2) is 22.8 Å². The minimum Gasteiger partial charge on any atom is -0.444 e. The molecule has 1 unspecified atom stereocenters. The number of hydrazine groups is 1. The molecule has 0 spiro atoms. The van der Waals surface area contributed by atoms with Crippen LogP contribution in [-0.2, 0) is 41.4 Å². The Bertz CT molecular complexity index is 3440. The number of aromatic nitrogens is 8. The predicted octanol–water partition coefficient (Wildman–Crippen LogP) is 6.44. The molecule has 0 aliphatic heterocycles. The Morgan fingerprint density at radius 1 is 0.771 bits per heavy atom. The molecule has 6 saturated carbocycles. The third kappa shape index (κ3) is 7.67. The fraction of sp³-hybridized carbons (Fsp3) is 0.449. The van der Waals surface area contributed by atoms with Gasteiger partial charge in [-0.1, -0.05) is 29.8 Å². The molecule has 2 amide bonds. The standard InChI is InChI=1S/C49H56N12O7S2/c1-31-5-9-34(10-6-31)70(66,67)60-26-14-37-41(60)52-30-39-56-57-42(61(37)39)47-18-23-49(50,24-19-47)33(28-47)27-32-7-11-35(12-8-32)69(64,65)59-25-13-36-40(59)51-29-38(53-36)55-58-43(62)46-15-20-48(21-16-46,22-17-46)54-44(63)68-45(2,3)4/h5-14,25-26,29-30,33H,15-24,27-28,50H2,1-4H3,(H,53,55)(H,54,63)(H,58,62). The van der Waals surface area contributed by atoms with Crippen LogP contribution in [-0.4, -0.2) is 83.0 Å². The minimum atomic E-state index is -4.08. The molecule has 5 N–H and O–H groups in total. The number of nitrogens with zero attached hydrogens (tertiary/aromatic N) is 8. The average molecular weight is 989 g/mol. The van der Waals surface area contributed by atoms with Gasteiger partial charge in [-0.15, -0.1) is 10.2 Å². The lowest BCUT2D eigenvalue weighted by Gasteiger charge is -2.55. The minimum absolute atomic E-state index is 0.0439. The summed E-state index contributed by atoms with van der Waals surface area (Å²) in [6.45, 7) is 7.39. The third-order valence-electron chi connectivity index (χ3n) is 15.8. The van der Waals surface area contributed by atoms with Crippen LogP contribution in [0.4, 0.5) is 10.6 Å². The molecule has 19 nitrogen and oxygen atoms in total. The molecule has 0 radical (unpaired) electrons. The molecular formula is C49H56N12O7S2. The van der Waals surface area contributed by atoms with E-state index in [-0.39, 0.29) is 49.7 Å². The quantitative estimate of drug-likeness (QED) is 0.102. The Morgan fingerprint density at radius 3 is 2.04 bits per heavy atom. The molecule has 6 fully saturated rings. The van der Waals surface area contributed by atoms with E-state index in [1.165, 1.54) is 22.6 Å². The third-order valence-corrected chi connectivity index (χ3v) is 19.2. The van der Waals surface area contributed by atoms with Crippen LogP contribution in [0.2, 0.25) is 0 Å². The van der Waals surface area contributed by atoms with Gasteiger partial charge in [-0.25, -0.2) is 44.5 Å². The highest BCUT2D eigenvalue weighted by atomic mass is 32.2. The number of benzene rings is 2. The van der Waals surface area contributed by atoms with Gasteiger partial charge in [0.05, 0.1) is 33.1 Å². The van der Waals surface area contributed by atoms with Crippen LogP contribution >= 0.6 is 0 Å². The van der Waals surface area contributed by atoms with E-state index in [1.54, 1.807) is 54.7 Å². The van der Waals surface area contributed by atoms with Crippen LogP contribution in [0.3, 0.4) is 0 Å². The fourth-order valence-corrected chi connectivity index (χ4v) is 14.3. The van der Waals surface area contributed by atoms with Crippen molar-refractivity contribution in [2.75, 3.05) is 5.43 Å². The fourth-order valence-electron chi connectivity index (χ4n) is 11.7. The van der Waals surface area contributed by atoms with E-state index >= 15 is 0 Å². The number of nitrogens with two attached hydrogens (primary N) is 1. The molecular weight excluding hydrogens is 933 g/mol. The number of anilines is 1. The molecule has 6 aliphatic rings. The van der Waals surface area contributed by atoms with Gasteiger partial charge in [-0.3, -0.25) is 20.0 Å². The molecule has 4 bridgehead atoms. The first-order valence-corrected chi connectivity index (χ1v) is 26.7. The second kappa shape index (κ2) is 16.0. The van der Waals surface area contributed by atoms with Crippen molar-refractivity contribution in [1.82, 2.24) is 48.2 Å². The number of hydrogen-bond acceptors (Lipinski definition) is 14. The molecule has 21 heteroatoms. The zero-order valence-corrected chi connectivity index (χ0v) is 41.1. The summed E-state index contributed by atoms with van der Waals surface area (Å²) in [6.07, 6.45) is 13.8. The van der Waals surface area contributed by atoms with E-state index in [0.29, 0.717) is 61.6 Å². The molecule has 5 heterocycles. The zero-order chi connectivity index (χ0) is 49.1. The molecule has 13 rings (SSSR count). The van der Waals surface area contributed by atoms with Crippen molar-refractivity contribution in [3.63, 3.8) is 0 Å². The number of fused-ring (bicyclic) bond motifs is 10. The van der Waals surface area contributed by atoms with E-state index in [4.69, 9.17) is 15.6 Å². The second-order valence-corrected chi connectivity index (χ2v) is 24.9. The largest absolute Gasteiger partial charge is 0.444 e. The van der Waals surface area contributed by atoms with Crippen LogP contribution in [0, 0.1) is 18.3 Å². The van der Waals surface area contributed by atoms with Crippen LogP contribution in [0.5, 0.6) is 0 Å². The second-order valence-electron chi connectivity index (χ2n) is 21.2. The molecule has 7 aromatic rings. The van der Waals surface area contributed by atoms with Gasteiger partial charge in [0.25, 0.3) is 20.0 Å². The maximum absolute atomic E-state index is 14.1. The van der Waals surface area contributed by atoms with Crippen molar-refractivity contribution in [2.45, 2.75) is 137 Å². The topological polar surface area (TPSA) is 252 Å². The predicted molar refractivity (Wildman–Crippen MR) is 259 cm³/mol. The average Bonchev–Trinajstić information content (AvgIpc) is 4.09. The van der Waals surface area contributed by atoms with E-state index in [2.05, 4.69) is 36.2 Å². The number of aryl methyl sites for hydroxylation is 1. The number of nitrogens with one attached hydrogen (secondary N) is 3. The normalized spacial score (nSPS) is 25.6. The number of carbonyl (C=O) groups excluding carboxylic acids is 2. The van der Waals surface area contributed by atoms with Gasteiger partial charge < -0.3 is 15.8 Å². The molecule has 6 aliphatic carbocycles. The summed E-state index contributed by atoms with van der Waals surface area (Å²) in [4.78, 5) is 39.9. The summed E-state index contributed by atoms with van der Waals surface area (Å²) in [5.74, 6) is 0.902. The van der Waals surface area contributed by atoms with Gasteiger partial charge in [0.2, 0.25) is 5.91 Å². The highest BCUT2D eigenvalue weighted by Crippen LogP contribution is 2.56. The SMILES string of the molecule is Cc1ccc(S(=O)(=O)n2ccc3c2ncc2nnc(C45CCC(N)(CC4)C(Cc4ccc(S(=O)(=O)n6ccc7nc(NNC(=O)C89CCC(NC(=O)OC(C)(C)C)(CC8)CC9)cnc76)cc4)C5)n23)cc1. The molecule has 70 heavy (non-hydrogen) atoms. The number of amides is 2. The lowest BCUT2D eigenvalue weighted by Crippen LogP contribution is -2.60. The Kier molecular flexibility index (Phi) is 10.5. The molecule has 5 aromatic heterocycles. The zero-order valence-electron chi connectivity index (χ0n) is 39.5. The Morgan fingerprint density at radius 2 is 1.39 bits per heavy atom. The van der Waals surface area contributed by atoms with Crippen molar-refractivity contribution in [2.24, 2.45) is 17.1 Å². The highest BCUT2D eigenvalue weighted by Gasteiger charge is 2.56. The van der Waals surface area contributed by atoms with Crippen molar-refractivity contribution >= 4 is 65.8 Å². The highest BCUT2D eigenvalue weighted by molar-refractivity contribution is 7.90. The summed E-state index contributed by atoms with van der Waals surface area (Å²) in [7, 11) is -8.01. The van der Waals surface area contributed by atoms with E-state index in [0.717, 1.165) is 53.0 Å². The number of rotatable bonds is 11. The van der Waals surface area contributed by atoms with Gasteiger partial charge in [0.1, 0.15) is 16.9 Å². The van der Waals surface area contributed by atoms with Gasteiger partial charge in [-0.05, 0) is 153 Å². The van der Waals surface area contributed by atoms with Crippen LogP contribution in [0.25, 0.3) is 28.0 Å². The Hall–Kier alpha value is -6.45. The van der Waals surface area contributed by atoms with Gasteiger partial charge >= 0.3 is 6.09 Å². The number of alkyl carbamates (subject to hydrolysis) is 1. The van der Waals surface area contributed by atoms with Crippen LogP contribution < -0.4 is 21.9 Å². The molecule has 1 atom stereocenters. The summed E-state index contributed by atoms with van der Waals surface area (Å²) < 4.78 is 65.5. The Labute approximate surface area is 405 Å². The molecule has 2 aromatic carbocycles. The van der Waals surface area contributed by atoms with E-state index < -0.39 is 42.7 Å². The first-order chi connectivity index (χ1) is 33.2. The summed E-state index contributed by atoms with van der Waals surface area (Å²) in [5, 5.41) is 12.3. The van der Waals surface area contributed by atoms with Crippen molar-refractivity contribution in [3.05, 3.63) is 102 Å². The van der Waals surface area contributed by atoms with E-state index in [9.17, 15) is 26.4 Å². The first kappa shape index (κ1) is 46.0. The Balaban J connectivity index is 0.763. The van der Waals surface area contributed by atoms with Crippen LogP contribution in [0.15, 0.2) is 95.2 Å². The first-order valence-electron chi connectivity index (χ1n) is 23.8. The molecule has 0 saturated heterocycles. The summed E-state index contributed by atoms with van der Waals surface area (Å²) in [5.41, 5.74) is 14.3. The van der Waals surface area contributed by atoms with Crippen molar-refractivity contribution in [3.8, 4) is 0 Å². The lowest BCUT2D eigenvalue weighted by atomic mass is 9.52. The van der Waals surface area contributed by atoms with Crippen molar-refractivity contribution in [1.29, 1.82) is 0 Å². The van der Waals surface area contributed by atoms with Crippen molar-refractivity contribution < 1.29 is 31.2 Å². The number of carbonyl (C=O) groups is 2.